The van der Waals surface area contributed by atoms with Crippen LogP contribution in [-0.2, 0) is 9.59 Å². The zero-order valence-corrected chi connectivity index (χ0v) is 12.0. The maximum atomic E-state index is 10.9. The van der Waals surface area contributed by atoms with Crippen LogP contribution in [-0.4, -0.2) is 29.6 Å². The Morgan fingerprint density at radius 3 is 2.37 bits per heavy atom. The summed E-state index contributed by atoms with van der Waals surface area (Å²) in [5, 5.41) is 11.8. The first kappa shape index (κ1) is 15.9. The highest BCUT2D eigenvalue weighted by Gasteiger charge is 2.20. The van der Waals surface area contributed by atoms with Gasteiger partial charge in [0, 0.05) is 13.0 Å². The Morgan fingerprint density at radius 2 is 1.84 bits per heavy atom. The van der Waals surface area contributed by atoms with Crippen LogP contribution in [0.25, 0.3) is 0 Å². The summed E-state index contributed by atoms with van der Waals surface area (Å²) in [5.41, 5.74) is 0. The molecule has 19 heavy (non-hydrogen) atoms. The fourth-order valence-electron chi connectivity index (χ4n) is 1.21. The van der Waals surface area contributed by atoms with Gasteiger partial charge in [-0.1, -0.05) is 34.8 Å². The van der Waals surface area contributed by atoms with Crippen LogP contribution < -0.4 is 10.1 Å². The summed E-state index contributed by atoms with van der Waals surface area (Å²) in [6.07, 6.45) is 0. The standard InChI is InChI=1S/C11H10Cl3NO4/c1-5(16)15-9(11(17)18)4-19-10-3-7(13)6(12)2-8(10)14/h2-3,9H,4H2,1H3,(H,15,16)(H,17,18). The van der Waals surface area contributed by atoms with Gasteiger partial charge in [-0.05, 0) is 6.07 Å². The third kappa shape index (κ3) is 4.78. The van der Waals surface area contributed by atoms with Gasteiger partial charge in [-0.25, -0.2) is 4.79 Å². The van der Waals surface area contributed by atoms with Crippen molar-refractivity contribution >= 4 is 46.7 Å². The van der Waals surface area contributed by atoms with Crippen molar-refractivity contribution in [3.05, 3.63) is 27.2 Å². The molecule has 0 aliphatic rings. The minimum Gasteiger partial charge on any atom is -0.489 e. The Kier molecular flexibility index (Phi) is 5.72. The highest BCUT2D eigenvalue weighted by Crippen LogP contribution is 2.33. The van der Waals surface area contributed by atoms with Crippen LogP contribution in [0.2, 0.25) is 15.1 Å². The van der Waals surface area contributed by atoms with Crippen molar-refractivity contribution in [2.24, 2.45) is 0 Å². The Balaban J connectivity index is 2.77. The molecule has 1 aromatic rings. The lowest BCUT2D eigenvalue weighted by molar-refractivity contribution is -0.142. The van der Waals surface area contributed by atoms with Crippen molar-refractivity contribution in [1.82, 2.24) is 5.32 Å². The van der Waals surface area contributed by atoms with E-state index in [0.717, 1.165) is 0 Å². The highest BCUT2D eigenvalue weighted by atomic mass is 35.5. The maximum absolute atomic E-state index is 10.9. The Hall–Kier alpha value is -1.17. The number of hydrogen-bond donors (Lipinski definition) is 2. The number of benzene rings is 1. The third-order valence-corrected chi connectivity index (χ3v) is 3.07. The summed E-state index contributed by atoms with van der Waals surface area (Å²) < 4.78 is 5.23. The van der Waals surface area contributed by atoms with Crippen molar-refractivity contribution in [1.29, 1.82) is 0 Å². The van der Waals surface area contributed by atoms with Gasteiger partial charge in [-0.2, -0.15) is 0 Å². The second kappa shape index (κ2) is 6.84. The molecule has 8 heteroatoms. The third-order valence-electron chi connectivity index (χ3n) is 2.06. The number of amides is 1. The van der Waals surface area contributed by atoms with Crippen LogP contribution in [0.15, 0.2) is 12.1 Å². The van der Waals surface area contributed by atoms with E-state index in [2.05, 4.69) is 5.32 Å². The monoisotopic (exact) mass is 325 g/mol. The summed E-state index contributed by atoms with van der Waals surface area (Å²) in [7, 11) is 0. The first-order valence-corrected chi connectivity index (χ1v) is 6.22. The van der Waals surface area contributed by atoms with Gasteiger partial charge in [0.25, 0.3) is 0 Å². The quantitative estimate of drug-likeness (QED) is 0.816. The lowest BCUT2D eigenvalue weighted by Crippen LogP contribution is -2.43. The molecule has 0 bridgehead atoms. The van der Waals surface area contributed by atoms with Gasteiger partial charge in [0.15, 0.2) is 6.04 Å². The minimum absolute atomic E-state index is 0.188. The summed E-state index contributed by atoms with van der Waals surface area (Å²) >= 11 is 17.4. The summed E-state index contributed by atoms with van der Waals surface area (Å²) in [4.78, 5) is 21.7. The lowest BCUT2D eigenvalue weighted by atomic mass is 10.3. The van der Waals surface area contributed by atoms with E-state index in [1.54, 1.807) is 0 Å². The molecule has 0 fully saturated rings. The van der Waals surface area contributed by atoms with E-state index in [1.165, 1.54) is 19.1 Å². The number of rotatable bonds is 5. The number of aliphatic carboxylic acids is 1. The van der Waals surface area contributed by atoms with Gasteiger partial charge in [0.1, 0.15) is 12.4 Å². The van der Waals surface area contributed by atoms with E-state index in [4.69, 9.17) is 44.6 Å². The predicted molar refractivity (Wildman–Crippen MR) is 72.2 cm³/mol. The summed E-state index contributed by atoms with van der Waals surface area (Å²) in [6.45, 7) is 0.925. The topological polar surface area (TPSA) is 75.6 Å². The van der Waals surface area contributed by atoms with Crippen LogP contribution in [0.5, 0.6) is 5.75 Å². The Morgan fingerprint density at radius 1 is 1.26 bits per heavy atom. The van der Waals surface area contributed by atoms with Gasteiger partial charge >= 0.3 is 5.97 Å². The molecule has 1 atom stereocenters. The normalized spacial score (nSPS) is 11.8. The number of halogens is 3. The van der Waals surface area contributed by atoms with Crippen LogP contribution in [0.4, 0.5) is 0 Å². The molecule has 1 amide bonds. The van der Waals surface area contributed by atoms with E-state index < -0.39 is 17.9 Å². The van der Waals surface area contributed by atoms with Crippen molar-refractivity contribution in [2.45, 2.75) is 13.0 Å². The molecular weight excluding hydrogens is 316 g/mol. The molecule has 104 valence electrons. The molecule has 2 N–H and O–H groups in total. The van der Waals surface area contributed by atoms with E-state index in [0.29, 0.717) is 0 Å². The largest absolute Gasteiger partial charge is 0.489 e. The van der Waals surface area contributed by atoms with Crippen molar-refractivity contribution in [2.75, 3.05) is 6.61 Å². The average Bonchev–Trinajstić information content (AvgIpc) is 2.29. The second-order valence-electron chi connectivity index (χ2n) is 3.60. The molecule has 1 rings (SSSR count). The molecule has 0 heterocycles. The predicted octanol–water partition coefficient (Wildman–Crippen LogP) is 2.61. The molecule has 0 spiro atoms. The second-order valence-corrected chi connectivity index (χ2v) is 4.82. The van der Waals surface area contributed by atoms with E-state index in [9.17, 15) is 9.59 Å². The Labute approximate surface area is 124 Å². The zero-order chi connectivity index (χ0) is 14.6. The fraction of sp³-hybridized carbons (Fsp3) is 0.273. The average molecular weight is 327 g/mol. The van der Waals surface area contributed by atoms with Gasteiger partial charge < -0.3 is 15.2 Å². The van der Waals surface area contributed by atoms with Crippen molar-refractivity contribution < 1.29 is 19.4 Å². The molecule has 0 aliphatic heterocycles. The molecule has 0 radical (unpaired) electrons. The van der Waals surface area contributed by atoms with Crippen LogP contribution >= 0.6 is 34.8 Å². The number of carbonyl (C=O) groups excluding carboxylic acids is 1. The molecule has 0 aliphatic carbocycles. The van der Waals surface area contributed by atoms with Gasteiger partial charge in [0.2, 0.25) is 5.91 Å². The van der Waals surface area contributed by atoms with Crippen LogP contribution in [0, 0.1) is 0 Å². The van der Waals surface area contributed by atoms with E-state index in [-0.39, 0.29) is 27.4 Å². The summed E-state index contributed by atoms with van der Waals surface area (Å²) in [5.74, 6) is -1.50. The number of hydrogen-bond acceptors (Lipinski definition) is 3. The number of carboxylic acids is 1. The zero-order valence-electron chi connectivity index (χ0n) is 9.75. The van der Waals surface area contributed by atoms with Crippen LogP contribution in [0.3, 0.4) is 0 Å². The molecule has 1 unspecified atom stereocenters. The number of carbonyl (C=O) groups is 2. The summed E-state index contributed by atoms with van der Waals surface area (Å²) in [6, 6.07) is 1.58. The van der Waals surface area contributed by atoms with Crippen LogP contribution in [0.1, 0.15) is 6.92 Å². The van der Waals surface area contributed by atoms with Gasteiger partial charge in [0.05, 0.1) is 15.1 Å². The molecular formula is C11H10Cl3NO4. The first-order chi connectivity index (χ1) is 8.81. The maximum Gasteiger partial charge on any atom is 0.329 e. The highest BCUT2D eigenvalue weighted by molar-refractivity contribution is 6.43. The number of nitrogens with one attached hydrogen (secondary N) is 1. The fourth-order valence-corrected chi connectivity index (χ4v) is 1.80. The molecule has 1 aromatic carbocycles. The first-order valence-electron chi connectivity index (χ1n) is 5.08. The van der Waals surface area contributed by atoms with E-state index >= 15 is 0 Å². The molecule has 0 aromatic heterocycles. The molecule has 5 nitrogen and oxygen atoms in total. The Bertz CT molecular complexity index is 507. The smallest absolute Gasteiger partial charge is 0.329 e. The number of carboxylic acid groups (broad SMARTS) is 1. The van der Waals surface area contributed by atoms with Crippen molar-refractivity contribution in [3.63, 3.8) is 0 Å². The number of ether oxygens (including phenoxy) is 1. The minimum atomic E-state index is -1.22. The molecule has 0 saturated heterocycles. The van der Waals surface area contributed by atoms with E-state index in [1.807, 2.05) is 0 Å². The molecule has 0 saturated carbocycles. The van der Waals surface area contributed by atoms with Gasteiger partial charge in [-0.3, -0.25) is 4.79 Å². The van der Waals surface area contributed by atoms with Crippen molar-refractivity contribution in [3.8, 4) is 5.75 Å². The SMILES string of the molecule is CC(=O)NC(COc1cc(Cl)c(Cl)cc1Cl)C(=O)O. The van der Waals surface area contributed by atoms with Gasteiger partial charge in [-0.15, -0.1) is 0 Å². The lowest BCUT2D eigenvalue weighted by Gasteiger charge is -2.15.